The number of aliphatic carboxylic acids is 1. The standard InChI is InChI=1S/C23H27BrN2O5S/c1-3-5-11-20(22(23(28)29)26(4-2)18-9-7-6-8-10-18)25-21(27)16-32(30,31)19-14-12-17(24)13-15-19/h6-10,12-15H,3-5,11,16H2,1-2H3,(H,25,27)(H,28,29). The van der Waals surface area contributed by atoms with E-state index in [0.717, 1.165) is 10.9 Å². The van der Waals surface area contributed by atoms with Gasteiger partial charge in [-0.15, -0.1) is 0 Å². The zero-order chi connectivity index (χ0) is 23.7. The number of carboxylic acids is 1. The highest BCUT2D eigenvalue weighted by molar-refractivity contribution is 9.10. The molecule has 0 saturated heterocycles. The third-order valence-corrected chi connectivity index (χ3v) is 6.87. The SMILES string of the molecule is CCCCC(NC(=O)CS(=O)(=O)c1ccc(Br)cc1)=C(C(=O)O)N(CC)c1ccccc1. The molecule has 0 radical (unpaired) electrons. The molecule has 172 valence electrons. The number of nitrogens with one attached hydrogen (secondary N) is 1. The lowest BCUT2D eigenvalue weighted by atomic mass is 10.1. The zero-order valence-electron chi connectivity index (χ0n) is 18.0. The van der Waals surface area contributed by atoms with Crippen LogP contribution in [0.15, 0.2) is 75.4 Å². The van der Waals surface area contributed by atoms with Crippen LogP contribution in [0.4, 0.5) is 5.69 Å². The van der Waals surface area contributed by atoms with Gasteiger partial charge in [-0.2, -0.15) is 0 Å². The second kappa shape index (κ2) is 11.8. The number of sulfone groups is 1. The quantitative estimate of drug-likeness (QED) is 0.425. The van der Waals surface area contributed by atoms with Crippen LogP contribution in [0, 0.1) is 0 Å². The van der Waals surface area contributed by atoms with Crippen LogP contribution in [-0.2, 0) is 19.4 Å². The number of anilines is 1. The summed E-state index contributed by atoms with van der Waals surface area (Å²) in [6.45, 7) is 4.12. The Hall–Kier alpha value is -2.65. The molecule has 2 aromatic rings. The lowest BCUT2D eigenvalue weighted by Gasteiger charge is -2.26. The first kappa shape index (κ1) is 25.6. The number of amides is 1. The average molecular weight is 523 g/mol. The van der Waals surface area contributed by atoms with Gasteiger partial charge in [-0.25, -0.2) is 13.2 Å². The summed E-state index contributed by atoms with van der Waals surface area (Å²) in [6, 6.07) is 15.0. The van der Waals surface area contributed by atoms with E-state index in [2.05, 4.69) is 21.2 Å². The lowest BCUT2D eigenvalue weighted by Crippen LogP contribution is -2.36. The van der Waals surface area contributed by atoms with E-state index in [1.165, 1.54) is 12.1 Å². The summed E-state index contributed by atoms with van der Waals surface area (Å²) in [5, 5.41) is 12.6. The van der Waals surface area contributed by atoms with Gasteiger partial charge in [0.15, 0.2) is 9.84 Å². The molecule has 0 atom stereocenters. The molecule has 2 aromatic carbocycles. The van der Waals surface area contributed by atoms with Gasteiger partial charge in [-0.1, -0.05) is 47.5 Å². The van der Waals surface area contributed by atoms with Gasteiger partial charge in [0.25, 0.3) is 0 Å². The number of hydrogen-bond acceptors (Lipinski definition) is 5. The summed E-state index contributed by atoms with van der Waals surface area (Å²) < 4.78 is 26.0. The maximum atomic E-state index is 12.7. The van der Waals surface area contributed by atoms with Crippen molar-refractivity contribution in [1.82, 2.24) is 5.32 Å². The minimum Gasteiger partial charge on any atom is -0.477 e. The monoisotopic (exact) mass is 522 g/mol. The van der Waals surface area contributed by atoms with Crippen molar-refractivity contribution >= 4 is 43.3 Å². The minimum atomic E-state index is -3.88. The van der Waals surface area contributed by atoms with Crippen molar-refractivity contribution < 1.29 is 23.1 Å². The average Bonchev–Trinajstić information content (AvgIpc) is 2.75. The first-order valence-corrected chi connectivity index (χ1v) is 12.7. The molecule has 7 nitrogen and oxygen atoms in total. The third kappa shape index (κ3) is 6.93. The summed E-state index contributed by atoms with van der Waals surface area (Å²) in [6.07, 6.45) is 1.71. The highest BCUT2D eigenvalue weighted by Gasteiger charge is 2.25. The number of carbonyl (C=O) groups excluding carboxylic acids is 1. The Morgan fingerprint density at radius 3 is 2.19 bits per heavy atom. The number of carboxylic acid groups (broad SMARTS) is 1. The highest BCUT2D eigenvalue weighted by Crippen LogP contribution is 2.23. The fourth-order valence-corrected chi connectivity index (χ4v) is 4.58. The van der Waals surface area contributed by atoms with Crippen LogP contribution < -0.4 is 10.2 Å². The maximum Gasteiger partial charge on any atom is 0.354 e. The van der Waals surface area contributed by atoms with Gasteiger partial charge in [0.05, 0.1) is 4.90 Å². The molecule has 2 rings (SSSR count). The van der Waals surface area contributed by atoms with Gasteiger partial charge in [0.2, 0.25) is 5.91 Å². The number of rotatable bonds is 11. The van der Waals surface area contributed by atoms with Gasteiger partial charge in [0, 0.05) is 22.4 Å². The van der Waals surface area contributed by atoms with Crippen LogP contribution >= 0.6 is 15.9 Å². The van der Waals surface area contributed by atoms with Crippen molar-refractivity contribution in [3.8, 4) is 0 Å². The van der Waals surface area contributed by atoms with E-state index in [1.807, 2.05) is 19.9 Å². The van der Waals surface area contributed by atoms with E-state index < -0.39 is 27.5 Å². The van der Waals surface area contributed by atoms with Crippen LogP contribution in [0.2, 0.25) is 0 Å². The number of unbranched alkanes of at least 4 members (excludes halogenated alkanes) is 1. The van der Waals surface area contributed by atoms with E-state index in [-0.39, 0.29) is 16.3 Å². The summed E-state index contributed by atoms with van der Waals surface area (Å²) >= 11 is 3.25. The largest absolute Gasteiger partial charge is 0.477 e. The molecule has 0 unspecified atom stereocenters. The summed E-state index contributed by atoms with van der Waals surface area (Å²) in [5.74, 6) is -2.76. The van der Waals surface area contributed by atoms with Gasteiger partial charge in [-0.05, 0) is 56.2 Å². The summed E-state index contributed by atoms with van der Waals surface area (Å²) in [5.41, 5.74) is 0.792. The molecule has 0 fully saturated rings. The first-order valence-electron chi connectivity index (χ1n) is 10.3. The Balaban J connectivity index is 2.39. The van der Waals surface area contributed by atoms with Crippen molar-refractivity contribution in [3.05, 3.63) is 70.5 Å². The number of benzene rings is 2. The highest BCUT2D eigenvalue weighted by atomic mass is 79.9. The molecule has 32 heavy (non-hydrogen) atoms. The number of carbonyl (C=O) groups is 2. The maximum absolute atomic E-state index is 12.7. The molecule has 1 amide bonds. The van der Waals surface area contributed by atoms with Crippen LogP contribution in [0.1, 0.15) is 33.1 Å². The van der Waals surface area contributed by atoms with Gasteiger partial charge in [0.1, 0.15) is 11.4 Å². The van der Waals surface area contributed by atoms with E-state index in [1.54, 1.807) is 41.3 Å². The number of allylic oxidation sites excluding steroid dienone is 1. The molecule has 0 aromatic heterocycles. The fraction of sp³-hybridized carbons (Fsp3) is 0.304. The molecule has 0 saturated carbocycles. The second-order valence-corrected chi connectivity index (χ2v) is 9.98. The Bertz CT molecular complexity index is 1070. The number of halogens is 1. The van der Waals surface area contributed by atoms with E-state index >= 15 is 0 Å². The van der Waals surface area contributed by atoms with Gasteiger partial charge < -0.3 is 15.3 Å². The summed E-state index contributed by atoms with van der Waals surface area (Å²) in [7, 11) is -3.88. The first-order chi connectivity index (χ1) is 15.2. The Kier molecular flexibility index (Phi) is 9.46. The molecular formula is C23H27BrN2O5S. The molecule has 0 spiro atoms. The van der Waals surface area contributed by atoms with Crippen molar-refractivity contribution in [2.24, 2.45) is 0 Å². The van der Waals surface area contributed by atoms with Crippen molar-refractivity contribution in [1.29, 1.82) is 0 Å². The Morgan fingerprint density at radius 1 is 1.03 bits per heavy atom. The lowest BCUT2D eigenvalue weighted by molar-refractivity contribution is -0.132. The molecule has 0 bridgehead atoms. The number of nitrogens with zero attached hydrogens (tertiary/aromatic N) is 1. The molecule has 0 aliphatic rings. The molecule has 0 heterocycles. The third-order valence-electron chi connectivity index (χ3n) is 4.71. The smallest absolute Gasteiger partial charge is 0.354 e. The van der Waals surface area contributed by atoms with Crippen molar-refractivity contribution in [2.75, 3.05) is 17.2 Å². The fourth-order valence-electron chi connectivity index (χ4n) is 3.18. The van der Waals surface area contributed by atoms with Crippen molar-refractivity contribution in [2.45, 2.75) is 38.0 Å². The van der Waals surface area contributed by atoms with E-state index in [4.69, 9.17) is 0 Å². The summed E-state index contributed by atoms with van der Waals surface area (Å²) in [4.78, 5) is 26.5. The second-order valence-electron chi connectivity index (χ2n) is 7.08. The molecule has 0 aliphatic carbocycles. The Labute approximate surface area is 197 Å². The van der Waals surface area contributed by atoms with Crippen LogP contribution in [0.5, 0.6) is 0 Å². The predicted molar refractivity (Wildman–Crippen MR) is 128 cm³/mol. The number of para-hydroxylation sites is 1. The normalized spacial score (nSPS) is 12.1. The van der Waals surface area contributed by atoms with Gasteiger partial charge in [-0.3, -0.25) is 4.79 Å². The van der Waals surface area contributed by atoms with Crippen LogP contribution in [0.25, 0.3) is 0 Å². The van der Waals surface area contributed by atoms with Gasteiger partial charge >= 0.3 is 5.97 Å². The molecule has 2 N–H and O–H groups in total. The van der Waals surface area contributed by atoms with Crippen LogP contribution in [0.3, 0.4) is 0 Å². The topological polar surface area (TPSA) is 104 Å². The molecule has 9 heteroatoms. The van der Waals surface area contributed by atoms with E-state index in [9.17, 15) is 23.1 Å². The molecule has 0 aliphatic heterocycles. The Morgan fingerprint density at radius 2 is 1.66 bits per heavy atom. The number of hydrogen-bond donors (Lipinski definition) is 2. The van der Waals surface area contributed by atoms with E-state index in [0.29, 0.717) is 25.1 Å². The minimum absolute atomic E-state index is 0.0212. The number of likely N-dealkylation sites (N-methyl/N-ethyl adjacent to an activating group) is 1. The van der Waals surface area contributed by atoms with Crippen molar-refractivity contribution in [3.63, 3.8) is 0 Å². The van der Waals surface area contributed by atoms with Crippen LogP contribution in [-0.4, -0.2) is 37.7 Å². The zero-order valence-corrected chi connectivity index (χ0v) is 20.4. The molecular weight excluding hydrogens is 496 g/mol. The predicted octanol–water partition coefficient (Wildman–Crippen LogP) is 4.35.